The normalized spacial score (nSPS) is 18.5. The van der Waals surface area contributed by atoms with Crippen LogP contribution in [0.15, 0.2) is 18.2 Å². The van der Waals surface area contributed by atoms with E-state index in [0.717, 1.165) is 18.6 Å². The minimum atomic E-state index is 0.180. The summed E-state index contributed by atoms with van der Waals surface area (Å²) >= 11 is 0. The molecule has 1 atom stereocenters. The van der Waals surface area contributed by atoms with Crippen LogP contribution in [0, 0.1) is 0 Å². The lowest BCUT2D eigenvalue weighted by Crippen LogP contribution is -2.27. The van der Waals surface area contributed by atoms with Crippen LogP contribution in [0.1, 0.15) is 30.1 Å². The van der Waals surface area contributed by atoms with Crippen LogP contribution in [0.3, 0.4) is 0 Å². The predicted octanol–water partition coefficient (Wildman–Crippen LogP) is 2.14. The molecule has 4 heteroatoms. The Morgan fingerprint density at radius 1 is 1.47 bits per heavy atom. The number of H-pyrrole nitrogens is 1. The summed E-state index contributed by atoms with van der Waals surface area (Å²) in [7, 11) is 1.70. The number of aryl methyl sites for hydroxylation is 1. The molecule has 102 valence electrons. The molecule has 19 heavy (non-hydrogen) atoms. The number of aliphatic hydroxyl groups excluding tert-OH is 1. The third-order valence-corrected chi connectivity index (χ3v) is 3.92. The zero-order valence-corrected chi connectivity index (χ0v) is 11.2. The number of methoxy groups -OCH3 is 1. The summed E-state index contributed by atoms with van der Waals surface area (Å²) in [6.07, 6.45) is 3.41. The zero-order chi connectivity index (χ0) is 13.2. The molecule has 0 fully saturated rings. The first-order valence-corrected chi connectivity index (χ1v) is 6.86. The summed E-state index contributed by atoms with van der Waals surface area (Å²) in [6, 6.07) is 6.50. The van der Waals surface area contributed by atoms with E-state index in [4.69, 9.17) is 9.84 Å². The lowest BCUT2D eigenvalue weighted by molar-refractivity contribution is 0.280. The Morgan fingerprint density at radius 3 is 3.16 bits per heavy atom. The highest BCUT2D eigenvalue weighted by atomic mass is 16.5. The van der Waals surface area contributed by atoms with E-state index in [1.807, 2.05) is 6.07 Å². The van der Waals surface area contributed by atoms with Gasteiger partial charge < -0.3 is 20.1 Å². The van der Waals surface area contributed by atoms with E-state index in [0.29, 0.717) is 12.6 Å². The second-order valence-corrected chi connectivity index (χ2v) is 5.05. The van der Waals surface area contributed by atoms with Crippen LogP contribution in [0.5, 0.6) is 5.75 Å². The number of hydrogen-bond acceptors (Lipinski definition) is 3. The quantitative estimate of drug-likeness (QED) is 0.789. The molecule has 2 aromatic rings. The fourth-order valence-electron chi connectivity index (χ4n) is 3.01. The highest BCUT2D eigenvalue weighted by Crippen LogP contribution is 2.35. The summed E-state index contributed by atoms with van der Waals surface area (Å²) < 4.78 is 5.31. The molecule has 0 saturated carbocycles. The van der Waals surface area contributed by atoms with Gasteiger partial charge in [0.25, 0.3) is 0 Å². The van der Waals surface area contributed by atoms with Gasteiger partial charge in [0.05, 0.1) is 13.7 Å². The summed E-state index contributed by atoms with van der Waals surface area (Å²) in [5.41, 5.74) is 3.85. The first-order chi connectivity index (χ1) is 9.33. The van der Waals surface area contributed by atoms with Crippen molar-refractivity contribution in [2.75, 3.05) is 20.3 Å². The summed E-state index contributed by atoms with van der Waals surface area (Å²) in [4.78, 5) is 3.53. The largest absolute Gasteiger partial charge is 0.497 e. The van der Waals surface area contributed by atoms with Crippen LogP contribution in [0.25, 0.3) is 10.9 Å². The van der Waals surface area contributed by atoms with Crippen LogP contribution < -0.4 is 10.1 Å². The van der Waals surface area contributed by atoms with Crippen molar-refractivity contribution in [1.29, 1.82) is 0 Å². The molecule has 1 heterocycles. The standard InChI is InChI=1S/C15H20N2O2/c1-19-10-5-6-13-12(9-10)11-3-2-4-14(15(11)17-13)16-7-8-18/h5-6,9,14,16-18H,2-4,7-8H2,1H3. The lowest BCUT2D eigenvalue weighted by atomic mass is 9.91. The van der Waals surface area contributed by atoms with Gasteiger partial charge in [0.2, 0.25) is 0 Å². The second kappa shape index (κ2) is 5.23. The molecule has 1 aromatic carbocycles. The van der Waals surface area contributed by atoms with E-state index in [1.54, 1.807) is 7.11 Å². The molecule has 0 spiro atoms. The number of benzene rings is 1. The van der Waals surface area contributed by atoms with Gasteiger partial charge in [-0.1, -0.05) is 0 Å². The number of nitrogens with one attached hydrogen (secondary N) is 2. The van der Waals surface area contributed by atoms with Crippen LogP contribution in [0.2, 0.25) is 0 Å². The Labute approximate surface area is 112 Å². The van der Waals surface area contributed by atoms with Gasteiger partial charge in [0.15, 0.2) is 0 Å². The van der Waals surface area contributed by atoms with E-state index in [-0.39, 0.29) is 6.61 Å². The van der Waals surface area contributed by atoms with Gasteiger partial charge in [-0.25, -0.2) is 0 Å². The summed E-state index contributed by atoms with van der Waals surface area (Å²) in [5, 5.41) is 13.6. The van der Waals surface area contributed by atoms with Crippen molar-refractivity contribution in [1.82, 2.24) is 10.3 Å². The van der Waals surface area contributed by atoms with Gasteiger partial charge in [-0.2, -0.15) is 0 Å². The zero-order valence-electron chi connectivity index (χ0n) is 11.2. The van der Waals surface area contributed by atoms with Gasteiger partial charge in [0.1, 0.15) is 5.75 Å². The van der Waals surface area contributed by atoms with Crippen LogP contribution >= 0.6 is 0 Å². The third kappa shape index (κ3) is 2.22. The minimum Gasteiger partial charge on any atom is -0.497 e. The molecule has 0 saturated heterocycles. The Bertz CT molecular complexity index is 577. The third-order valence-electron chi connectivity index (χ3n) is 3.92. The molecular formula is C15H20N2O2. The van der Waals surface area contributed by atoms with E-state index >= 15 is 0 Å². The number of ether oxygens (including phenoxy) is 1. The maximum absolute atomic E-state index is 8.96. The van der Waals surface area contributed by atoms with Gasteiger partial charge in [-0.05, 0) is 43.0 Å². The first kappa shape index (κ1) is 12.5. The first-order valence-electron chi connectivity index (χ1n) is 6.86. The lowest BCUT2D eigenvalue weighted by Gasteiger charge is -2.23. The Balaban J connectivity index is 2.02. The van der Waals surface area contributed by atoms with Crippen molar-refractivity contribution in [3.8, 4) is 5.75 Å². The van der Waals surface area contributed by atoms with Gasteiger partial charge >= 0.3 is 0 Å². The highest BCUT2D eigenvalue weighted by molar-refractivity contribution is 5.86. The second-order valence-electron chi connectivity index (χ2n) is 5.05. The molecule has 0 amide bonds. The smallest absolute Gasteiger partial charge is 0.119 e. The van der Waals surface area contributed by atoms with Gasteiger partial charge in [0, 0.05) is 29.2 Å². The SMILES string of the molecule is COc1ccc2[nH]c3c(c2c1)CCCC3NCCO. The van der Waals surface area contributed by atoms with Crippen LogP contribution in [-0.2, 0) is 6.42 Å². The molecule has 3 rings (SSSR count). The van der Waals surface area contributed by atoms with E-state index < -0.39 is 0 Å². The Morgan fingerprint density at radius 2 is 2.37 bits per heavy atom. The molecule has 1 aliphatic rings. The van der Waals surface area contributed by atoms with Crippen LogP contribution in [0.4, 0.5) is 0 Å². The molecule has 0 radical (unpaired) electrons. The highest BCUT2D eigenvalue weighted by Gasteiger charge is 2.23. The van der Waals surface area contributed by atoms with Crippen molar-refractivity contribution in [2.45, 2.75) is 25.3 Å². The molecule has 3 N–H and O–H groups in total. The molecular weight excluding hydrogens is 240 g/mol. The monoisotopic (exact) mass is 260 g/mol. The predicted molar refractivity (Wildman–Crippen MR) is 75.6 cm³/mol. The average Bonchev–Trinajstić information content (AvgIpc) is 2.83. The number of aliphatic hydroxyl groups is 1. The van der Waals surface area contributed by atoms with E-state index in [1.165, 1.54) is 28.6 Å². The van der Waals surface area contributed by atoms with Crippen molar-refractivity contribution < 1.29 is 9.84 Å². The Hall–Kier alpha value is -1.52. The molecule has 0 aliphatic heterocycles. The topological polar surface area (TPSA) is 57.3 Å². The fourth-order valence-corrected chi connectivity index (χ4v) is 3.01. The molecule has 4 nitrogen and oxygen atoms in total. The van der Waals surface area contributed by atoms with E-state index in [2.05, 4.69) is 22.4 Å². The average molecular weight is 260 g/mol. The summed E-state index contributed by atoms with van der Waals surface area (Å²) in [5.74, 6) is 0.903. The van der Waals surface area contributed by atoms with Crippen molar-refractivity contribution in [2.24, 2.45) is 0 Å². The maximum atomic E-state index is 8.96. The Kier molecular flexibility index (Phi) is 3.44. The molecule has 1 aliphatic carbocycles. The van der Waals surface area contributed by atoms with Crippen molar-refractivity contribution >= 4 is 10.9 Å². The fraction of sp³-hybridized carbons (Fsp3) is 0.467. The van der Waals surface area contributed by atoms with Gasteiger partial charge in [-0.15, -0.1) is 0 Å². The van der Waals surface area contributed by atoms with Gasteiger partial charge in [-0.3, -0.25) is 0 Å². The van der Waals surface area contributed by atoms with E-state index in [9.17, 15) is 0 Å². The van der Waals surface area contributed by atoms with Crippen molar-refractivity contribution in [3.63, 3.8) is 0 Å². The minimum absolute atomic E-state index is 0.180. The molecule has 1 unspecified atom stereocenters. The number of aromatic nitrogens is 1. The number of aromatic amines is 1. The number of hydrogen-bond donors (Lipinski definition) is 3. The van der Waals surface area contributed by atoms with Crippen molar-refractivity contribution in [3.05, 3.63) is 29.5 Å². The summed E-state index contributed by atoms with van der Waals surface area (Å²) in [6.45, 7) is 0.822. The van der Waals surface area contributed by atoms with Crippen LogP contribution in [-0.4, -0.2) is 30.4 Å². The molecule has 0 bridgehead atoms. The number of rotatable bonds is 4. The number of fused-ring (bicyclic) bond motifs is 3. The molecule has 1 aromatic heterocycles. The maximum Gasteiger partial charge on any atom is 0.119 e.